The number of H-pyrrole nitrogens is 1. The Morgan fingerprint density at radius 3 is 2.58 bits per heavy atom. The van der Waals surface area contributed by atoms with Crippen LogP contribution in [0.15, 0.2) is 82.4 Å². The second-order valence-corrected chi connectivity index (χ2v) is 10.1. The maximum absolute atomic E-state index is 15.1. The zero-order valence-electron chi connectivity index (χ0n) is 21.4. The lowest BCUT2D eigenvalue weighted by atomic mass is 10.0. The first-order valence-electron chi connectivity index (χ1n) is 12.3. The van der Waals surface area contributed by atoms with Crippen LogP contribution in [0.1, 0.15) is 21.6 Å². The van der Waals surface area contributed by atoms with E-state index in [4.69, 9.17) is 4.74 Å². The molecule has 2 aromatic carbocycles. The van der Waals surface area contributed by atoms with Gasteiger partial charge < -0.3 is 9.72 Å². The monoisotopic (exact) mass is 556 g/mol. The van der Waals surface area contributed by atoms with E-state index in [1.54, 1.807) is 48.3 Å². The molecule has 6 aromatic rings. The van der Waals surface area contributed by atoms with Crippen molar-refractivity contribution in [3.05, 3.63) is 116 Å². The molecule has 0 aliphatic heterocycles. The number of Topliss-reactive ketones (excluding diaryl/α,β-unsaturated/α-hetero) is 1. The molecule has 0 saturated carbocycles. The van der Waals surface area contributed by atoms with Crippen LogP contribution in [-0.4, -0.2) is 25.1 Å². The molecule has 0 saturated heterocycles. The van der Waals surface area contributed by atoms with Crippen molar-refractivity contribution < 1.29 is 18.3 Å². The van der Waals surface area contributed by atoms with Gasteiger partial charge in [0.25, 0.3) is 5.56 Å². The summed E-state index contributed by atoms with van der Waals surface area (Å²) in [6.45, 7) is 1.66. The molecule has 0 amide bonds. The van der Waals surface area contributed by atoms with Crippen molar-refractivity contribution in [1.82, 2.24) is 19.3 Å². The number of pyridine rings is 1. The summed E-state index contributed by atoms with van der Waals surface area (Å²) in [6.07, 6.45) is 1.40. The first-order chi connectivity index (χ1) is 19.3. The van der Waals surface area contributed by atoms with Crippen LogP contribution in [-0.2, 0) is 13.5 Å². The Bertz CT molecular complexity index is 1940. The van der Waals surface area contributed by atoms with Gasteiger partial charge in [0.2, 0.25) is 0 Å². The maximum Gasteiger partial charge on any atom is 0.282 e. The fraction of sp³-hybridized carbons (Fsp3) is 0.100. The number of nitrogens with one attached hydrogen (secondary N) is 1. The average molecular weight is 557 g/mol. The van der Waals surface area contributed by atoms with Crippen LogP contribution in [0.4, 0.5) is 8.78 Å². The number of thiophene rings is 1. The molecule has 0 aliphatic carbocycles. The molecule has 0 atom stereocenters. The molecule has 10 heteroatoms. The molecule has 0 unspecified atom stereocenters. The largest absolute Gasteiger partial charge is 0.453 e. The number of fused-ring (bicyclic) bond motifs is 1. The van der Waals surface area contributed by atoms with E-state index in [-0.39, 0.29) is 17.7 Å². The van der Waals surface area contributed by atoms with Crippen LogP contribution in [0.25, 0.3) is 28.0 Å². The van der Waals surface area contributed by atoms with Crippen molar-refractivity contribution in [2.45, 2.75) is 13.3 Å². The van der Waals surface area contributed by atoms with E-state index >= 15 is 4.39 Å². The number of ether oxygens (including phenoxy) is 1. The van der Waals surface area contributed by atoms with Crippen LogP contribution in [0, 0.1) is 18.6 Å². The number of nitrogens with zero attached hydrogens (tertiary/aromatic N) is 3. The zero-order chi connectivity index (χ0) is 28.0. The number of carbonyl (C=O) groups is 1. The molecule has 40 heavy (non-hydrogen) atoms. The lowest BCUT2D eigenvalue weighted by Crippen LogP contribution is -2.23. The van der Waals surface area contributed by atoms with Crippen molar-refractivity contribution in [3.8, 4) is 28.4 Å². The number of aromatic amines is 1. The highest BCUT2D eigenvalue weighted by atomic mass is 32.1. The fourth-order valence-electron chi connectivity index (χ4n) is 4.70. The number of rotatable bonds is 7. The zero-order valence-corrected chi connectivity index (χ0v) is 22.3. The number of benzene rings is 2. The van der Waals surface area contributed by atoms with Gasteiger partial charge in [0, 0.05) is 42.0 Å². The lowest BCUT2D eigenvalue weighted by Gasteiger charge is -2.09. The molecule has 0 fully saturated rings. The topological polar surface area (TPSA) is 81.9 Å². The minimum absolute atomic E-state index is 0.000576. The summed E-state index contributed by atoms with van der Waals surface area (Å²) in [7, 11) is 1.65. The van der Waals surface area contributed by atoms with Gasteiger partial charge in [-0.25, -0.2) is 18.4 Å². The van der Waals surface area contributed by atoms with Crippen molar-refractivity contribution >= 4 is 28.2 Å². The summed E-state index contributed by atoms with van der Waals surface area (Å²) in [5.74, 6) is -1.09. The molecule has 0 aliphatic rings. The van der Waals surface area contributed by atoms with Crippen LogP contribution in [0.5, 0.6) is 11.5 Å². The summed E-state index contributed by atoms with van der Waals surface area (Å²) >= 11 is 1.58. The summed E-state index contributed by atoms with van der Waals surface area (Å²) in [5, 5.41) is 4.70. The SMILES string of the molecule is Cc1c(C(=O)Cc2ccc(Oc3ccnc4[nH]c(-c5ccsc5)cc34)c(F)c2)c(=O)n(-c2ccc(F)cc2)n1C. The Hall–Kier alpha value is -4.83. The van der Waals surface area contributed by atoms with Crippen LogP contribution < -0.4 is 10.3 Å². The summed E-state index contributed by atoms with van der Waals surface area (Å²) in [6, 6.07) is 15.3. The molecule has 0 spiro atoms. The van der Waals surface area contributed by atoms with Gasteiger partial charge in [0.05, 0.1) is 11.1 Å². The van der Waals surface area contributed by atoms with Gasteiger partial charge in [0.1, 0.15) is 22.8 Å². The van der Waals surface area contributed by atoms with E-state index in [1.165, 1.54) is 41.1 Å². The molecular weight excluding hydrogens is 534 g/mol. The minimum atomic E-state index is -0.641. The fourth-order valence-corrected chi connectivity index (χ4v) is 5.35. The van der Waals surface area contributed by atoms with Crippen molar-refractivity contribution in [2.75, 3.05) is 0 Å². The molecule has 4 heterocycles. The highest BCUT2D eigenvalue weighted by Crippen LogP contribution is 2.34. The second kappa shape index (κ2) is 10.0. The molecule has 4 aromatic heterocycles. The van der Waals surface area contributed by atoms with Gasteiger partial charge in [-0.1, -0.05) is 6.07 Å². The number of hydrogen-bond acceptors (Lipinski definition) is 5. The predicted molar refractivity (Wildman–Crippen MR) is 150 cm³/mol. The Balaban J connectivity index is 1.25. The predicted octanol–water partition coefficient (Wildman–Crippen LogP) is 6.59. The van der Waals surface area contributed by atoms with Gasteiger partial charge in [-0.05, 0) is 72.5 Å². The Morgan fingerprint density at radius 1 is 1.05 bits per heavy atom. The molecule has 0 bridgehead atoms. The summed E-state index contributed by atoms with van der Waals surface area (Å²) in [4.78, 5) is 34.0. The Labute approximate surface area is 230 Å². The molecule has 200 valence electrons. The van der Waals surface area contributed by atoms with E-state index in [0.29, 0.717) is 33.7 Å². The lowest BCUT2D eigenvalue weighted by molar-refractivity contribution is 0.0991. The van der Waals surface area contributed by atoms with Crippen LogP contribution >= 0.6 is 11.3 Å². The van der Waals surface area contributed by atoms with Gasteiger partial charge in [-0.2, -0.15) is 11.3 Å². The maximum atomic E-state index is 15.1. The van der Waals surface area contributed by atoms with Crippen LogP contribution in [0.2, 0.25) is 0 Å². The number of aromatic nitrogens is 4. The molecule has 0 radical (unpaired) electrons. The second-order valence-electron chi connectivity index (χ2n) is 9.31. The molecule has 1 N–H and O–H groups in total. The van der Waals surface area contributed by atoms with E-state index in [2.05, 4.69) is 9.97 Å². The average Bonchev–Trinajstić information content (AvgIpc) is 3.66. The van der Waals surface area contributed by atoms with Gasteiger partial charge in [-0.3, -0.25) is 14.3 Å². The third kappa shape index (κ3) is 4.52. The third-order valence-corrected chi connectivity index (χ3v) is 7.49. The molecular formula is C30H22F2N4O3S. The first-order valence-corrected chi connectivity index (χ1v) is 13.3. The molecule has 7 nitrogen and oxygen atoms in total. The third-order valence-electron chi connectivity index (χ3n) is 6.81. The van der Waals surface area contributed by atoms with E-state index in [9.17, 15) is 14.0 Å². The van der Waals surface area contributed by atoms with E-state index in [1.807, 2.05) is 22.9 Å². The van der Waals surface area contributed by atoms with Gasteiger partial charge >= 0.3 is 0 Å². The standard InChI is InChI=1S/C30H22F2N4O3S/c1-17-28(30(38)36(35(17)2)21-6-4-20(31)5-7-21)25(37)14-18-3-8-27(23(32)13-18)39-26-9-11-33-29-22(26)15-24(34-29)19-10-12-40-16-19/h3-13,15-16H,14H2,1-2H3,(H,33,34). The first kappa shape index (κ1) is 25.4. The summed E-state index contributed by atoms with van der Waals surface area (Å²) < 4.78 is 37.3. The van der Waals surface area contributed by atoms with Crippen molar-refractivity contribution in [1.29, 1.82) is 0 Å². The normalized spacial score (nSPS) is 11.3. The number of halogens is 2. The quantitative estimate of drug-likeness (QED) is 0.225. The minimum Gasteiger partial charge on any atom is -0.453 e. The van der Waals surface area contributed by atoms with Crippen molar-refractivity contribution in [3.63, 3.8) is 0 Å². The number of hydrogen-bond donors (Lipinski definition) is 1. The number of carbonyl (C=O) groups excluding carboxylic acids is 1. The highest BCUT2D eigenvalue weighted by Gasteiger charge is 2.23. The van der Waals surface area contributed by atoms with Gasteiger partial charge in [-0.15, -0.1) is 0 Å². The van der Waals surface area contributed by atoms with E-state index in [0.717, 1.165) is 11.3 Å². The van der Waals surface area contributed by atoms with Crippen LogP contribution in [0.3, 0.4) is 0 Å². The number of ketones is 1. The smallest absolute Gasteiger partial charge is 0.282 e. The Morgan fingerprint density at radius 2 is 1.85 bits per heavy atom. The highest BCUT2D eigenvalue weighted by molar-refractivity contribution is 7.08. The molecule has 6 rings (SSSR count). The van der Waals surface area contributed by atoms with E-state index < -0.39 is 23.0 Å². The Kier molecular flexibility index (Phi) is 6.39. The summed E-state index contributed by atoms with van der Waals surface area (Å²) in [5.41, 5.74) is 3.27. The van der Waals surface area contributed by atoms with Crippen molar-refractivity contribution in [2.24, 2.45) is 7.05 Å². The van der Waals surface area contributed by atoms with Gasteiger partial charge in [0.15, 0.2) is 17.3 Å².